The number of methoxy groups -OCH3 is 2. The fourth-order valence-corrected chi connectivity index (χ4v) is 3.17. The zero-order chi connectivity index (χ0) is 19.2. The van der Waals surface area contributed by atoms with Gasteiger partial charge in [0.05, 0.1) is 25.7 Å². The highest BCUT2D eigenvalue weighted by Crippen LogP contribution is 2.29. The number of amides is 1. The van der Waals surface area contributed by atoms with Gasteiger partial charge >= 0.3 is 0 Å². The molecule has 0 saturated carbocycles. The van der Waals surface area contributed by atoms with Crippen molar-refractivity contribution in [2.75, 3.05) is 25.3 Å². The van der Waals surface area contributed by atoms with Crippen molar-refractivity contribution in [2.45, 2.75) is 5.16 Å². The second-order valence-electron chi connectivity index (χ2n) is 5.23. The van der Waals surface area contributed by atoms with E-state index in [9.17, 15) is 4.79 Å². The minimum Gasteiger partial charge on any atom is -0.495 e. The van der Waals surface area contributed by atoms with E-state index in [0.717, 1.165) is 0 Å². The van der Waals surface area contributed by atoms with E-state index in [0.29, 0.717) is 33.1 Å². The lowest BCUT2D eigenvalue weighted by atomic mass is 10.3. The van der Waals surface area contributed by atoms with Gasteiger partial charge in [-0.15, -0.1) is 5.10 Å². The number of carbonyl (C=O) groups is 1. The van der Waals surface area contributed by atoms with Crippen molar-refractivity contribution in [1.82, 2.24) is 20.2 Å². The van der Waals surface area contributed by atoms with E-state index in [1.165, 1.54) is 23.6 Å². The topological polar surface area (TPSA) is 91.2 Å². The Kier molecular flexibility index (Phi) is 6.15. The minimum absolute atomic E-state index is 0.102. The van der Waals surface area contributed by atoms with Crippen LogP contribution in [0, 0.1) is 0 Å². The Morgan fingerprint density at radius 1 is 1.19 bits per heavy atom. The average molecular weight is 406 g/mol. The van der Waals surface area contributed by atoms with E-state index in [1.54, 1.807) is 25.3 Å². The van der Waals surface area contributed by atoms with Gasteiger partial charge in [0.15, 0.2) is 0 Å². The van der Waals surface area contributed by atoms with Gasteiger partial charge in [0, 0.05) is 5.02 Å². The summed E-state index contributed by atoms with van der Waals surface area (Å²) in [5.74, 6) is 1.01. The smallest absolute Gasteiger partial charge is 0.234 e. The first-order chi connectivity index (χ1) is 13.1. The summed E-state index contributed by atoms with van der Waals surface area (Å²) in [6.07, 6.45) is 0. The van der Waals surface area contributed by atoms with Gasteiger partial charge in [-0.3, -0.25) is 4.79 Å². The Morgan fingerprint density at radius 3 is 2.74 bits per heavy atom. The number of halogens is 1. The van der Waals surface area contributed by atoms with Crippen LogP contribution in [0.25, 0.3) is 5.69 Å². The largest absolute Gasteiger partial charge is 0.495 e. The van der Waals surface area contributed by atoms with Crippen LogP contribution in [-0.4, -0.2) is 46.1 Å². The molecule has 1 amide bonds. The molecule has 27 heavy (non-hydrogen) atoms. The number of rotatable bonds is 7. The van der Waals surface area contributed by atoms with Crippen molar-refractivity contribution in [3.05, 3.63) is 47.5 Å². The fourth-order valence-electron chi connectivity index (χ4n) is 2.32. The second kappa shape index (κ2) is 8.74. The summed E-state index contributed by atoms with van der Waals surface area (Å²) in [6.45, 7) is 0. The van der Waals surface area contributed by atoms with Crippen LogP contribution >= 0.6 is 23.4 Å². The molecule has 0 fully saturated rings. The summed E-state index contributed by atoms with van der Waals surface area (Å²) in [5.41, 5.74) is 1.18. The summed E-state index contributed by atoms with van der Waals surface area (Å²) in [4.78, 5) is 12.3. The summed E-state index contributed by atoms with van der Waals surface area (Å²) in [7, 11) is 3.09. The molecule has 0 aliphatic heterocycles. The predicted octanol–water partition coefficient (Wildman–Crippen LogP) is 3.06. The standard InChI is InChI=1S/C17H16ClN5O3S/c1-25-14-8-7-11(18)9-12(14)19-16(24)10-27-17-20-21-22-23(17)13-5-3-4-6-15(13)26-2/h3-9H,10H2,1-2H3,(H,19,24). The van der Waals surface area contributed by atoms with Gasteiger partial charge in [-0.1, -0.05) is 35.5 Å². The first-order valence-corrected chi connectivity index (χ1v) is 9.16. The third-order valence-corrected chi connectivity index (χ3v) is 4.68. The predicted molar refractivity (Wildman–Crippen MR) is 103 cm³/mol. The van der Waals surface area contributed by atoms with Crippen molar-refractivity contribution < 1.29 is 14.3 Å². The lowest BCUT2D eigenvalue weighted by Crippen LogP contribution is -2.15. The van der Waals surface area contributed by atoms with Gasteiger partial charge in [-0.05, 0) is 40.8 Å². The zero-order valence-electron chi connectivity index (χ0n) is 14.5. The number of tetrazole rings is 1. The molecule has 0 unspecified atom stereocenters. The van der Waals surface area contributed by atoms with E-state index in [1.807, 2.05) is 24.3 Å². The van der Waals surface area contributed by atoms with Crippen LogP contribution in [0.4, 0.5) is 5.69 Å². The van der Waals surface area contributed by atoms with Crippen molar-refractivity contribution in [3.8, 4) is 17.2 Å². The third-order valence-electron chi connectivity index (χ3n) is 3.52. The van der Waals surface area contributed by atoms with Gasteiger partial charge in [0.25, 0.3) is 0 Å². The first kappa shape index (κ1) is 19.0. The summed E-state index contributed by atoms with van der Waals surface area (Å²) in [5, 5.41) is 15.4. The number of nitrogens with zero attached hydrogens (tertiary/aromatic N) is 4. The van der Waals surface area contributed by atoms with Gasteiger partial charge in [-0.25, -0.2) is 0 Å². The van der Waals surface area contributed by atoms with Crippen LogP contribution in [0.2, 0.25) is 5.02 Å². The van der Waals surface area contributed by atoms with Gasteiger partial charge in [0.1, 0.15) is 17.2 Å². The molecule has 8 nitrogen and oxygen atoms in total. The highest BCUT2D eigenvalue weighted by molar-refractivity contribution is 7.99. The fraction of sp³-hybridized carbons (Fsp3) is 0.176. The number of aromatic nitrogens is 4. The molecular weight excluding hydrogens is 390 g/mol. The Hall–Kier alpha value is -2.78. The van der Waals surface area contributed by atoms with E-state index in [4.69, 9.17) is 21.1 Å². The van der Waals surface area contributed by atoms with Crippen LogP contribution < -0.4 is 14.8 Å². The minimum atomic E-state index is -0.241. The maximum atomic E-state index is 12.3. The maximum absolute atomic E-state index is 12.3. The first-order valence-electron chi connectivity index (χ1n) is 7.80. The molecule has 3 aromatic rings. The third kappa shape index (κ3) is 4.50. The Morgan fingerprint density at radius 2 is 1.96 bits per heavy atom. The number of hydrogen-bond donors (Lipinski definition) is 1. The number of hydrogen-bond acceptors (Lipinski definition) is 7. The number of carbonyl (C=O) groups excluding carboxylic acids is 1. The Labute approximate surface area is 164 Å². The van der Waals surface area contributed by atoms with Crippen molar-refractivity contribution in [1.29, 1.82) is 0 Å². The normalized spacial score (nSPS) is 10.5. The summed E-state index contributed by atoms with van der Waals surface area (Å²) < 4.78 is 12.1. The molecule has 0 radical (unpaired) electrons. The average Bonchev–Trinajstić information content (AvgIpc) is 3.15. The Balaban J connectivity index is 1.71. The van der Waals surface area contributed by atoms with Crippen molar-refractivity contribution in [3.63, 3.8) is 0 Å². The van der Waals surface area contributed by atoms with Crippen LogP contribution in [-0.2, 0) is 4.79 Å². The summed E-state index contributed by atoms with van der Waals surface area (Å²) in [6, 6.07) is 12.3. The van der Waals surface area contributed by atoms with Gasteiger partial charge in [0.2, 0.25) is 11.1 Å². The molecule has 2 aromatic carbocycles. The van der Waals surface area contributed by atoms with E-state index in [2.05, 4.69) is 20.8 Å². The molecule has 0 bridgehead atoms. The number of ether oxygens (including phenoxy) is 2. The highest BCUT2D eigenvalue weighted by atomic mass is 35.5. The number of para-hydroxylation sites is 2. The monoisotopic (exact) mass is 405 g/mol. The molecule has 1 heterocycles. The molecule has 0 atom stereocenters. The molecule has 0 aliphatic carbocycles. The quantitative estimate of drug-likeness (QED) is 0.604. The number of thioether (sulfide) groups is 1. The van der Waals surface area contributed by atoms with E-state index in [-0.39, 0.29) is 11.7 Å². The van der Waals surface area contributed by atoms with Crippen LogP contribution in [0.15, 0.2) is 47.6 Å². The Bertz CT molecular complexity index is 950. The second-order valence-corrected chi connectivity index (χ2v) is 6.61. The van der Waals surface area contributed by atoms with E-state index >= 15 is 0 Å². The lowest BCUT2D eigenvalue weighted by molar-refractivity contribution is -0.113. The van der Waals surface area contributed by atoms with Gasteiger partial charge < -0.3 is 14.8 Å². The molecule has 1 N–H and O–H groups in total. The molecule has 140 valence electrons. The highest BCUT2D eigenvalue weighted by Gasteiger charge is 2.15. The van der Waals surface area contributed by atoms with Crippen LogP contribution in [0.5, 0.6) is 11.5 Å². The maximum Gasteiger partial charge on any atom is 0.234 e. The molecule has 3 rings (SSSR count). The van der Waals surface area contributed by atoms with Crippen LogP contribution in [0.1, 0.15) is 0 Å². The van der Waals surface area contributed by atoms with Crippen molar-refractivity contribution >= 4 is 35.0 Å². The molecule has 0 spiro atoms. The molecule has 10 heteroatoms. The number of nitrogens with one attached hydrogen (secondary N) is 1. The number of benzene rings is 2. The molecule has 0 saturated heterocycles. The molecule has 1 aromatic heterocycles. The molecular formula is C17H16ClN5O3S. The zero-order valence-corrected chi connectivity index (χ0v) is 16.1. The lowest BCUT2D eigenvalue weighted by Gasteiger charge is -2.11. The van der Waals surface area contributed by atoms with E-state index < -0.39 is 0 Å². The van der Waals surface area contributed by atoms with Crippen LogP contribution in [0.3, 0.4) is 0 Å². The molecule has 0 aliphatic rings. The summed E-state index contributed by atoms with van der Waals surface area (Å²) >= 11 is 7.18. The van der Waals surface area contributed by atoms with Crippen molar-refractivity contribution in [2.24, 2.45) is 0 Å². The number of anilines is 1. The van der Waals surface area contributed by atoms with Gasteiger partial charge in [-0.2, -0.15) is 4.68 Å². The SMILES string of the molecule is COc1ccc(Cl)cc1NC(=O)CSc1nnnn1-c1ccccc1OC.